The van der Waals surface area contributed by atoms with E-state index in [1.165, 1.54) is 141 Å². The summed E-state index contributed by atoms with van der Waals surface area (Å²) >= 11 is 0. The lowest BCUT2D eigenvalue weighted by molar-refractivity contribution is -0.302. The van der Waals surface area contributed by atoms with Crippen LogP contribution in [-0.4, -0.2) is 110 Å². The molecule has 0 radical (unpaired) electrons. The Morgan fingerprint density at radius 3 is 1.35 bits per heavy atom. The van der Waals surface area contributed by atoms with Gasteiger partial charge in [-0.3, -0.25) is 4.79 Å². The van der Waals surface area contributed by atoms with Crippen molar-refractivity contribution in [1.29, 1.82) is 0 Å². The molecule has 8 N–H and O–H groups in total. The molecule has 11 nitrogen and oxygen atoms in total. The van der Waals surface area contributed by atoms with E-state index in [4.69, 9.17) is 9.47 Å². The summed E-state index contributed by atoms with van der Waals surface area (Å²) in [4.78, 5) is 13.1. The highest BCUT2D eigenvalue weighted by Crippen LogP contribution is 2.23. The van der Waals surface area contributed by atoms with E-state index in [0.717, 1.165) is 38.5 Å². The maximum absolute atomic E-state index is 13.1. The van der Waals surface area contributed by atoms with Crippen molar-refractivity contribution >= 4 is 5.91 Å². The van der Waals surface area contributed by atoms with Crippen LogP contribution >= 0.6 is 0 Å². The molecule has 11 heteroatoms. The van der Waals surface area contributed by atoms with Gasteiger partial charge in [0.05, 0.1) is 31.5 Å². The second-order valence-corrected chi connectivity index (χ2v) is 17.2. The van der Waals surface area contributed by atoms with Gasteiger partial charge in [-0.1, -0.05) is 200 Å². The van der Waals surface area contributed by atoms with Crippen LogP contribution in [0.3, 0.4) is 0 Å². The number of nitrogens with one attached hydrogen (secondary N) is 1. The van der Waals surface area contributed by atoms with E-state index in [1.54, 1.807) is 0 Å². The van der Waals surface area contributed by atoms with Crippen molar-refractivity contribution < 1.29 is 50.0 Å². The van der Waals surface area contributed by atoms with Crippen molar-refractivity contribution in [3.05, 3.63) is 0 Å². The zero-order chi connectivity index (χ0) is 41.9. The molecular formula is C46H91NO10. The molecule has 1 aliphatic rings. The Morgan fingerprint density at radius 2 is 0.947 bits per heavy atom. The number of carbonyl (C=O) groups is 1. The number of hydrogen-bond acceptors (Lipinski definition) is 10. The van der Waals surface area contributed by atoms with Crippen molar-refractivity contribution in [3.63, 3.8) is 0 Å². The third-order valence-electron chi connectivity index (χ3n) is 11.9. The molecule has 1 fully saturated rings. The minimum absolute atomic E-state index is 0.0316. The summed E-state index contributed by atoms with van der Waals surface area (Å²) in [5, 5.41) is 75.5. The fraction of sp³-hybridized carbons (Fsp3) is 0.978. The van der Waals surface area contributed by atoms with Crippen LogP contribution in [0.1, 0.15) is 219 Å². The monoisotopic (exact) mass is 818 g/mol. The fourth-order valence-corrected chi connectivity index (χ4v) is 7.91. The Bertz CT molecular complexity index is 897. The minimum Gasteiger partial charge on any atom is -0.394 e. The van der Waals surface area contributed by atoms with Crippen LogP contribution < -0.4 is 5.32 Å². The molecule has 1 heterocycles. The minimum atomic E-state index is -1.64. The summed E-state index contributed by atoms with van der Waals surface area (Å²) in [6.45, 7) is 3.50. The molecule has 1 saturated heterocycles. The van der Waals surface area contributed by atoms with Crippen molar-refractivity contribution in [3.8, 4) is 0 Å². The number of amides is 1. The van der Waals surface area contributed by atoms with Gasteiger partial charge in [0.1, 0.15) is 30.5 Å². The molecule has 0 bridgehead atoms. The molecule has 340 valence electrons. The average molecular weight is 818 g/mol. The Hall–Kier alpha value is -0.890. The SMILES string of the molecule is CCCCCCCCCCCCCCCCCCCCC(O)C(=O)NC(COC1OC(CO)C(O)C(O)C1O)C(O)CC(O)CCCCCCCCCCCCC. The summed E-state index contributed by atoms with van der Waals surface area (Å²) in [6.07, 6.45) is 25.7. The van der Waals surface area contributed by atoms with Crippen LogP contribution in [0.4, 0.5) is 0 Å². The maximum Gasteiger partial charge on any atom is 0.249 e. The lowest BCUT2D eigenvalue weighted by atomic mass is 9.98. The first-order chi connectivity index (χ1) is 27.7. The number of aliphatic hydroxyl groups excluding tert-OH is 7. The molecule has 1 amide bonds. The highest BCUT2D eigenvalue weighted by atomic mass is 16.7. The third-order valence-corrected chi connectivity index (χ3v) is 11.9. The van der Waals surface area contributed by atoms with Gasteiger partial charge in [-0.2, -0.15) is 0 Å². The standard InChI is InChI=1S/C46H91NO10/c1-3-5-7-9-11-13-15-16-17-18-19-20-21-23-25-27-29-31-33-39(50)45(55)47-38(36-56-46-44(54)43(53)42(52)41(35-48)57-46)40(51)34-37(49)32-30-28-26-24-22-14-12-10-8-6-4-2/h37-44,46,48-54H,3-36H2,1-2H3,(H,47,55). The van der Waals surface area contributed by atoms with Gasteiger partial charge in [-0.15, -0.1) is 0 Å². The van der Waals surface area contributed by atoms with Gasteiger partial charge in [-0.05, 0) is 12.8 Å². The fourth-order valence-electron chi connectivity index (χ4n) is 7.91. The number of aliphatic hydroxyl groups is 7. The molecule has 57 heavy (non-hydrogen) atoms. The van der Waals surface area contributed by atoms with E-state index in [9.17, 15) is 40.5 Å². The zero-order valence-corrected chi connectivity index (χ0v) is 36.6. The molecule has 0 aromatic rings. The van der Waals surface area contributed by atoms with Crippen molar-refractivity contribution in [2.45, 2.75) is 274 Å². The van der Waals surface area contributed by atoms with Crippen molar-refractivity contribution in [1.82, 2.24) is 5.32 Å². The van der Waals surface area contributed by atoms with E-state index in [-0.39, 0.29) is 19.4 Å². The topological polar surface area (TPSA) is 189 Å². The molecule has 0 aromatic heterocycles. The quantitative estimate of drug-likeness (QED) is 0.0283. The Balaban J connectivity index is 2.40. The van der Waals surface area contributed by atoms with E-state index in [1.807, 2.05) is 0 Å². The second-order valence-electron chi connectivity index (χ2n) is 17.2. The molecule has 0 saturated carbocycles. The van der Waals surface area contributed by atoms with Crippen LogP contribution in [0.2, 0.25) is 0 Å². The largest absolute Gasteiger partial charge is 0.394 e. The lowest BCUT2D eigenvalue weighted by Gasteiger charge is -2.40. The highest BCUT2D eigenvalue weighted by Gasteiger charge is 2.44. The molecule has 0 aromatic carbocycles. The number of hydrogen-bond donors (Lipinski definition) is 8. The summed E-state index contributed by atoms with van der Waals surface area (Å²) in [5.74, 6) is -0.664. The molecule has 0 aliphatic carbocycles. The van der Waals surface area contributed by atoms with Crippen molar-refractivity contribution in [2.75, 3.05) is 13.2 Å². The molecule has 9 atom stereocenters. The van der Waals surface area contributed by atoms with Crippen LogP contribution in [0.5, 0.6) is 0 Å². The van der Waals surface area contributed by atoms with E-state index < -0.39 is 67.6 Å². The average Bonchev–Trinajstić information content (AvgIpc) is 3.20. The van der Waals surface area contributed by atoms with Crippen LogP contribution in [-0.2, 0) is 14.3 Å². The Morgan fingerprint density at radius 1 is 0.561 bits per heavy atom. The predicted octanol–water partition coefficient (Wildman–Crippen LogP) is 7.89. The highest BCUT2D eigenvalue weighted by molar-refractivity contribution is 5.80. The number of ether oxygens (including phenoxy) is 2. The summed E-state index contributed by atoms with van der Waals surface area (Å²) in [5.41, 5.74) is 0. The Labute approximate surface area is 348 Å². The lowest BCUT2D eigenvalue weighted by Crippen LogP contribution is -2.60. The molecule has 0 spiro atoms. The van der Waals surface area contributed by atoms with Crippen molar-refractivity contribution in [2.24, 2.45) is 0 Å². The van der Waals surface area contributed by atoms with Gasteiger partial charge in [-0.25, -0.2) is 0 Å². The summed E-state index contributed by atoms with van der Waals surface area (Å²) in [7, 11) is 0. The number of rotatable bonds is 40. The number of unbranched alkanes of at least 4 members (excludes halogenated alkanes) is 27. The van der Waals surface area contributed by atoms with E-state index >= 15 is 0 Å². The second kappa shape index (κ2) is 36.9. The first kappa shape index (κ1) is 54.1. The molecule has 1 aliphatic heterocycles. The summed E-state index contributed by atoms with van der Waals surface area (Å²) < 4.78 is 11.1. The number of carbonyl (C=O) groups excluding carboxylic acids is 1. The first-order valence-corrected chi connectivity index (χ1v) is 23.9. The normalized spacial score (nSPS) is 22.0. The van der Waals surface area contributed by atoms with Crippen LogP contribution in [0.15, 0.2) is 0 Å². The smallest absolute Gasteiger partial charge is 0.249 e. The molecule has 1 rings (SSSR count). The molecule has 9 unspecified atom stereocenters. The van der Waals surface area contributed by atoms with Gasteiger partial charge in [0, 0.05) is 6.42 Å². The van der Waals surface area contributed by atoms with Gasteiger partial charge in [0.2, 0.25) is 5.91 Å². The van der Waals surface area contributed by atoms with E-state index in [2.05, 4.69) is 19.2 Å². The predicted molar refractivity (Wildman–Crippen MR) is 229 cm³/mol. The van der Waals surface area contributed by atoms with Gasteiger partial charge in [0.25, 0.3) is 0 Å². The van der Waals surface area contributed by atoms with Crippen LogP contribution in [0, 0.1) is 0 Å². The Kier molecular flexibility index (Phi) is 35.1. The van der Waals surface area contributed by atoms with Crippen LogP contribution in [0.25, 0.3) is 0 Å². The van der Waals surface area contributed by atoms with Gasteiger partial charge in [0.15, 0.2) is 6.29 Å². The van der Waals surface area contributed by atoms with Gasteiger partial charge < -0.3 is 50.5 Å². The molecular weight excluding hydrogens is 727 g/mol. The third kappa shape index (κ3) is 27.6. The first-order valence-electron chi connectivity index (χ1n) is 23.9. The van der Waals surface area contributed by atoms with Gasteiger partial charge >= 0.3 is 0 Å². The van der Waals surface area contributed by atoms with E-state index in [0.29, 0.717) is 12.8 Å². The maximum atomic E-state index is 13.1. The zero-order valence-electron chi connectivity index (χ0n) is 36.6. The summed E-state index contributed by atoms with van der Waals surface area (Å²) in [6, 6.07) is -1.06.